The summed E-state index contributed by atoms with van der Waals surface area (Å²) in [4.78, 5) is 13.4. The summed E-state index contributed by atoms with van der Waals surface area (Å²) in [7, 11) is 0. The number of rotatable bonds is 3. The van der Waals surface area contributed by atoms with Crippen LogP contribution in [-0.4, -0.2) is 22.7 Å². The van der Waals surface area contributed by atoms with Gasteiger partial charge in [-0.05, 0) is 30.9 Å². The van der Waals surface area contributed by atoms with Gasteiger partial charge in [0.15, 0.2) is 5.78 Å². The molecule has 2 nitrogen and oxygen atoms in total. The largest absolute Gasteiger partial charge is 0.392 e. The number of Topliss-reactive ketones (excluding diaryl/α,β-unsaturated/α-hetero) is 1. The smallest absolute Gasteiger partial charge is 0.159 e. The van der Waals surface area contributed by atoms with Crippen molar-refractivity contribution < 1.29 is 9.90 Å². The summed E-state index contributed by atoms with van der Waals surface area (Å²) >= 11 is 1.72. The summed E-state index contributed by atoms with van der Waals surface area (Å²) in [5.41, 5.74) is 2.23. The van der Waals surface area contributed by atoms with E-state index in [-0.39, 0.29) is 17.9 Å². The molecule has 3 heteroatoms. The van der Waals surface area contributed by atoms with Crippen LogP contribution in [0.4, 0.5) is 0 Å². The summed E-state index contributed by atoms with van der Waals surface area (Å²) < 4.78 is 0. The molecule has 3 atom stereocenters. The van der Waals surface area contributed by atoms with Crippen LogP contribution >= 0.6 is 11.8 Å². The van der Waals surface area contributed by atoms with Crippen molar-refractivity contribution in [3.63, 3.8) is 0 Å². The molecule has 0 aliphatic heterocycles. The lowest BCUT2D eigenvalue weighted by Gasteiger charge is -2.24. The number of aliphatic hydroxyl groups excluding tert-OH is 1. The van der Waals surface area contributed by atoms with Crippen LogP contribution in [0.15, 0.2) is 46.4 Å². The highest BCUT2D eigenvalue weighted by molar-refractivity contribution is 7.99. The summed E-state index contributed by atoms with van der Waals surface area (Å²) in [6.45, 7) is 2.09. The Labute approximate surface area is 124 Å². The second-order valence-electron chi connectivity index (χ2n) is 5.85. The molecule has 2 aliphatic rings. The molecule has 0 bridgehead atoms. The van der Waals surface area contributed by atoms with Crippen LogP contribution in [0.2, 0.25) is 0 Å². The zero-order valence-corrected chi connectivity index (χ0v) is 12.5. The van der Waals surface area contributed by atoms with Gasteiger partial charge in [-0.15, -0.1) is 11.8 Å². The molecule has 0 radical (unpaired) electrons. The molecule has 0 amide bonds. The second kappa shape index (κ2) is 5.74. The maximum Gasteiger partial charge on any atom is 0.159 e. The topological polar surface area (TPSA) is 37.3 Å². The minimum absolute atomic E-state index is 0.231. The average molecular weight is 288 g/mol. The molecule has 0 aromatic heterocycles. The zero-order chi connectivity index (χ0) is 14.1. The summed E-state index contributed by atoms with van der Waals surface area (Å²) in [6, 6.07) is 10.2. The first kappa shape index (κ1) is 13.9. The second-order valence-corrected chi connectivity index (χ2v) is 6.89. The van der Waals surface area contributed by atoms with E-state index in [2.05, 4.69) is 19.1 Å². The predicted molar refractivity (Wildman–Crippen MR) is 81.7 cm³/mol. The molecule has 2 unspecified atom stereocenters. The van der Waals surface area contributed by atoms with E-state index in [1.807, 2.05) is 18.2 Å². The molecule has 1 N–H and O–H groups in total. The molecule has 3 rings (SSSR count). The van der Waals surface area contributed by atoms with Gasteiger partial charge in [-0.1, -0.05) is 30.7 Å². The Kier molecular flexibility index (Phi) is 3.99. The van der Waals surface area contributed by atoms with Crippen LogP contribution in [0.3, 0.4) is 0 Å². The van der Waals surface area contributed by atoms with Gasteiger partial charge in [-0.3, -0.25) is 4.79 Å². The number of ketones is 1. The molecule has 1 saturated carbocycles. The lowest BCUT2D eigenvalue weighted by atomic mass is 9.84. The van der Waals surface area contributed by atoms with Gasteiger partial charge < -0.3 is 5.11 Å². The van der Waals surface area contributed by atoms with Gasteiger partial charge in [0.05, 0.1) is 6.10 Å². The van der Waals surface area contributed by atoms with Gasteiger partial charge in [0.1, 0.15) is 0 Å². The predicted octanol–water partition coefficient (Wildman–Crippen LogP) is 3.46. The first-order valence-electron chi connectivity index (χ1n) is 7.28. The van der Waals surface area contributed by atoms with Crippen molar-refractivity contribution in [1.82, 2.24) is 0 Å². The standard InChI is InChI=1S/C17H20O2S/c1-11-9-14-13(17(11)19)7-8-16(18)15(14)10-20-12-5-3-2-4-6-12/h2-6,11,13,17,19H,7-10H2,1H3/t11?,13?,17-/m1/s1. The SMILES string of the molecule is CC1CC2=C(CSc3ccccc3)C(=O)CCC2[C@@H]1O. The third-order valence-electron chi connectivity index (χ3n) is 4.52. The Morgan fingerprint density at radius 1 is 1.30 bits per heavy atom. The number of aliphatic hydroxyl groups is 1. The zero-order valence-electron chi connectivity index (χ0n) is 11.7. The fourth-order valence-corrected chi connectivity index (χ4v) is 4.38. The van der Waals surface area contributed by atoms with Crippen LogP contribution < -0.4 is 0 Å². The summed E-state index contributed by atoms with van der Waals surface area (Å²) in [6.07, 6.45) is 2.07. The molecular formula is C17H20O2S. The van der Waals surface area contributed by atoms with Crippen LogP contribution in [-0.2, 0) is 4.79 Å². The van der Waals surface area contributed by atoms with E-state index in [0.717, 1.165) is 24.2 Å². The summed E-state index contributed by atoms with van der Waals surface area (Å²) in [5, 5.41) is 10.2. The van der Waals surface area contributed by atoms with Crippen molar-refractivity contribution in [2.24, 2.45) is 11.8 Å². The lowest BCUT2D eigenvalue weighted by Crippen LogP contribution is -2.25. The van der Waals surface area contributed by atoms with Gasteiger partial charge in [-0.2, -0.15) is 0 Å². The molecule has 1 aromatic carbocycles. The molecule has 20 heavy (non-hydrogen) atoms. The fourth-order valence-electron chi connectivity index (χ4n) is 3.38. The van der Waals surface area contributed by atoms with Gasteiger partial charge in [0, 0.05) is 28.6 Å². The third-order valence-corrected chi connectivity index (χ3v) is 5.56. The molecular weight excluding hydrogens is 268 g/mol. The summed E-state index contributed by atoms with van der Waals surface area (Å²) in [5.74, 6) is 1.56. The highest BCUT2D eigenvalue weighted by atomic mass is 32.2. The Balaban J connectivity index is 1.81. The van der Waals surface area contributed by atoms with Crippen LogP contribution in [0.1, 0.15) is 26.2 Å². The van der Waals surface area contributed by atoms with E-state index in [4.69, 9.17) is 0 Å². The van der Waals surface area contributed by atoms with E-state index in [9.17, 15) is 9.90 Å². The molecule has 2 aliphatic carbocycles. The molecule has 1 fully saturated rings. The Bertz CT molecular complexity index is 535. The van der Waals surface area contributed by atoms with Gasteiger partial charge in [-0.25, -0.2) is 0 Å². The number of hydrogen-bond acceptors (Lipinski definition) is 3. The molecule has 0 heterocycles. The highest BCUT2D eigenvalue weighted by Crippen LogP contribution is 2.44. The third kappa shape index (κ3) is 2.57. The van der Waals surface area contributed by atoms with Crippen molar-refractivity contribution in [2.75, 3.05) is 5.75 Å². The van der Waals surface area contributed by atoms with Crippen molar-refractivity contribution in [2.45, 2.75) is 37.2 Å². The molecule has 106 valence electrons. The van der Waals surface area contributed by atoms with Crippen molar-refractivity contribution in [3.8, 4) is 0 Å². The van der Waals surface area contributed by atoms with Gasteiger partial charge in [0.2, 0.25) is 0 Å². The first-order chi connectivity index (χ1) is 9.66. The minimum Gasteiger partial charge on any atom is -0.392 e. The minimum atomic E-state index is -0.255. The van der Waals surface area contributed by atoms with Gasteiger partial charge in [0.25, 0.3) is 0 Å². The lowest BCUT2D eigenvalue weighted by molar-refractivity contribution is -0.116. The fraction of sp³-hybridized carbons (Fsp3) is 0.471. The van der Waals surface area contributed by atoms with E-state index in [1.165, 1.54) is 10.5 Å². The number of carbonyl (C=O) groups excluding carboxylic acids is 1. The normalized spacial score (nSPS) is 29.7. The first-order valence-corrected chi connectivity index (χ1v) is 8.26. The Hall–Kier alpha value is -1.06. The molecule has 0 saturated heterocycles. The van der Waals surface area contributed by atoms with E-state index in [1.54, 1.807) is 11.8 Å². The molecule has 1 aromatic rings. The number of benzene rings is 1. The van der Waals surface area contributed by atoms with Crippen molar-refractivity contribution in [1.29, 1.82) is 0 Å². The Morgan fingerprint density at radius 3 is 2.80 bits per heavy atom. The van der Waals surface area contributed by atoms with E-state index in [0.29, 0.717) is 12.2 Å². The maximum absolute atomic E-state index is 12.2. The van der Waals surface area contributed by atoms with Crippen LogP contribution in [0.25, 0.3) is 0 Å². The maximum atomic E-state index is 12.2. The number of carbonyl (C=O) groups is 1. The van der Waals surface area contributed by atoms with E-state index >= 15 is 0 Å². The molecule has 0 spiro atoms. The highest BCUT2D eigenvalue weighted by Gasteiger charge is 2.40. The monoisotopic (exact) mass is 288 g/mol. The quantitative estimate of drug-likeness (QED) is 0.866. The van der Waals surface area contributed by atoms with E-state index < -0.39 is 0 Å². The van der Waals surface area contributed by atoms with Gasteiger partial charge >= 0.3 is 0 Å². The average Bonchev–Trinajstić information content (AvgIpc) is 2.75. The number of thioether (sulfide) groups is 1. The Morgan fingerprint density at radius 2 is 2.05 bits per heavy atom. The van der Waals surface area contributed by atoms with Crippen LogP contribution in [0.5, 0.6) is 0 Å². The van der Waals surface area contributed by atoms with Crippen molar-refractivity contribution >= 4 is 17.5 Å². The van der Waals surface area contributed by atoms with Crippen molar-refractivity contribution in [3.05, 3.63) is 41.5 Å². The number of hydrogen-bond donors (Lipinski definition) is 1. The number of fused-ring (bicyclic) bond motifs is 1. The van der Waals surface area contributed by atoms with Crippen LogP contribution in [0, 0.1) is 11.8 Å².